The minimum atomic E-state index is -0.0617. The average Bonchev–Trinajstić information content (AvgIpc) is 3.05. The summed E-state index contributed by atoms with van der Waals surface area (Å²) < 4.78 is 1.44. The van der Waals surface area contributed by atoms with E-state index in [0.717, 1.165) is 6.42 Å². The second-order valence-corrected chi connectivity index (χ2v) is 4.73. The van der Waals surface area contributed by atoms with Gasteiger partial charge in [0.2, 0.25) is 11.9 Å². The molecule has 0 radical (unpaired) electrons. The van der Waals surface area contributed by atoms with Gasteiger partial charge in [-0.2, -0.15) is 0 Å². The quantitative estimate of drug-likeness (QED) is 0.836. The summed E-state index contributed by atoms with van der Waals surface area (Å²) in [5.41, 5.74) is 6.67. The molecule has 1 aromatic heterocycles. The molecule has 0 aliphatic heterocycles. The zero-order chi connectivity index (χ0) is 13.2. The Hall–Kier alpha value is -2.37. The number of nitrogen functional groups attached to an aromatic ring is 1. The van der Waals surface area contributed by atoms with Gasteiger partial charge in [0.25, 0.3) is 0 Å². The van der Waals surface area contributed by atoms with Crippen LogP contribution in [0.1, 0.15) is 17.9 Å². The first kappa shape index (κ1) is 11.7. The zero-order valence-corrected chi connectivity index (χ0v) is 10.4. The molecule has 3 N–H and O–H groups in total. The highest BCUT2D eigenvalue weighted by atomic mass is 16.2. The molecule has 6 nitrogen and oxygen atoms in total. The third-order valence-corrected chi connectivity index (χ3v) is 3.22. The lowest BCUT2D eigenvalue weighted by atomic mass is 10.1. The molecular weight excluding hydrogens is 242 g/mol. The number of amides is 1. The largest absolute Gasteiger partial charge is 0.367 e. The fourth-order valence-electron chi connectivity index (χ4n) is 2.21. The van der Waals surface area contributed by atoms with E-state index in [1.54, 1.807) is 0 Å². The highest BCUT2D eigenvalue weighted by Crippen LogP contribution is 2.40. The van der Waals surface area contributed by atoms with Crippen LogP contribution >= 0.6 is 0 Å². The maximum atomic E-state index is 11.8. The summed E-state index contributed by atoms with van der Waals surface area (Å²) in [5.74, 6) is 0.556. The zero-order valence-electron chi connectivity index (χ0n) is 10.4. The number of aromatic nitrogens is 3. The topological polar surface area (TPSA) is 85.8 Å². The maximum absolute atomic E-state index is 11.8. The summed E-state index contributed by atoms with van der Waals surface area (Å²) in [6.45, 7) is 0.155. The molecule has 1 aliphatic rings. The smallest absolute Gasteiger partial charge is 0.242 e. The van der Waals surface area contributed by atoms with Gasteiger partial charge < -0.3 is 11.1 Å². The lowest BCUT2D eigenvalue weighted by Gasteiger charge is -2.04. The minimum absolute atomic E-state index is 0.0617. The van der Waals surface area contributed by atoms with Gasteiger partial charge in [-0.25, -0.2) is 9.67 Å². The van der Waals surface area contributed by atoms with Crippen LogP contribution < -0.4 is 11.1 Å². The number of nitrogens with two attached hydrogens (primary N) is 1. The Kier molecular flexibility index (Phi) is 2.91. The Labute approximate surface area is 110 Å². The molecule has 6 heteroatoms. The molecule has 2 unspecified atom stereocenters. The molecule has 19 heavy (non-hydrogen) atoms. The predicted molar refractivity (Wildman–Crippen MR) is 70.2 cm³/mol. The van der Waals surface area contributed by atoms with Crippen molar-refractivity contribution in [2.75, 3.05) is 5.73 Å². The number of carbonyl (C=O) groups is 1. The summed E-state index contributed by atoms with van der Waals surface area (Å²) in [5, 5.41) is 6.87. The standard InChI is InChI=1S/C13H15N5O/c14-13-15-8-18(17-13)7-12(19)16-11-6-10(11)9-4-2-1-3-5-9/h1-5,8,10-11H,6-7H2,(H2,14,17)(H,16,19). The summed E-state index contributed by atoms with van der Waals surface area (Å²) in [4.78, 5) is 15.6. The molecule has 1 fully saturated rings. The maximum Gasteiger partial charge on any atom is 0.242 e. The van der Waals surface area contributed by atoms with Crippen molar-refractivity contribution in [1.82, 2.24) is 20.1 Å². The fourth-order valence-corrected chi connectivity index (χ4v) is 2.21. The van der Waals surface area contributed by atoms with Gasteiger partial charge in [0, 0.05) is 12.0 Å². The van der Waals surface area contributed by atoms with Crippen molar-refractivity contribution < 1.29 is 4.79 Å². The Morgan fingerprint density at radius 2 is 2.21 bits per heavy atom. The summed E-state index contributed by atoms with van der Waals surface area (Å²) >= 11 is 0. The summed E-state index contributed by atoms with van der Waals surface area (Å²) in [6, 6.07) is 10.4. The number of anilines is 1. The van der Waals surface area contributed by atoms with Crippen LogP contribution in [-0.4, -0.2) is 26.7 Å². The van der Waals surface area contributed by atoms with Gasteiger partial charge in [-0.05, 0) is 12.0 Å². The van der Waals surface area contributed by atoms with Crippen LogP contribution in [0.25, 0.3) is 0 Å². The first-order valence-electron chi connectivity index (χ1n) is 6.21. The molecule has 1 saturated carbocycles. The molecular formula is C13H15N5O. The van der Waals surface area contributed by atoms with E-state index in [2.05, 4.69) is 27.5 Å². The van der Waals surface area contributed by atoms with E-state index in [-0.39, 0.29) is 24.4 Å². The summed E-state index contributed by atoms with van der Waals surface area (Å²) in [7, 11) is 0. The number of nitrogens with zero attached hydrogens (tertiary/aromatic N) is 3. The minimum Gasteiger partial charge on any atom is -0.367 e. The molecule has 0 bridgehead atoms. The van der Waals surface area contributed by atoms with Crippen LogP contribution in [0.2, 0.25) is 0 Å². The van der Waals surface area contributed by atoms with E-state index in [9.17, 15) is 4.79 Å². The first-order chi connectivity index (χ1) is 9.22. The third kappa shape index (κ3) is 2.73. The number of rotatable bonds is 4. The molecule has 2 aromatic rings. The number of carbonyl (C=O) groups excluding carboxylic acids is 1. The second-order valence-electron chi connectivity index (χ2n) is 4.73. The lowest BCUT2D eigenvalue weighted by molar-refractivity contribution is -0.122. The van der Waals surface area contributed by atoms with E-state index >= 15 is 0 Å². The van der Waals surface area contributed by atoms with Gasteiger partial charge in [-0.3, -0.25) is 4.79 Å². The van der Waals surface area contributed by atoms with Gasteiger partial charge >= 0.3 is 0 Å². The van der Waals surface area contributed by atoms with Crippen molar-refractivity contribution in [3.63, 3.8) is 0 Å². The van der Waals surface area contributed by atoms with E-state index in [0.29, 0.717) is 5.92 Å². The molecule has 2 atom stereocenters. The Morgan fingerprint density at radius 1 is 1.42 bits per heavy atom. The van der Waals surface area contributed by atoms with Gasteiger partial charge in [-0.15, -0.1) is 5.10 Å². The SMILES string of the molecule is Nc1ncn(CC(=O)NC2CC2c2ccccc2)n1. The van der Waals surface area contributed by atoms with Crippen LogP contribution in [0, 0.1) is 0 Å². The average molecular weight is 257 g/mol. The monoisotopic (exact) mass is 257 g/mol. The Balaban J connectivity index is 1.52. The molecule has 1 amide bonds. The highest BCUT2D eigenvalue weighted by molar-refractivity contribution is 5.76. The van der Waals surface area contributed by atoms with E-state index in [4.69, 9.17) is 5.73 Å². The number of hydrogen-bond donors (Lipinski definition) is 2. The van der Waals surface area contributed by atoms with Gasteiger partial charge in [-0.1, -0.05) is 30.3 Å². The molecule has 0 saturated heterocycles. The number of benzene rings is 1. The number of hydrogen-bond acceptors (Lipinski definition) is 4. The summed E-state index contributed by atoms with van der Waals surface area (Å²) in [6.07, 6.45) is 2.45. The van der Waals surface area contributed by atoms with Crippen LogP contribution in [0.3, 0.4) is 0 Å². The van der Waals surface area contributed by atoms with E-state index in [1.807, 2.05) is 18.2 Å². The normalized spacial score (nSPS) is 21.1. The van der Waals surface area contributed by atoms with E-state index < -0.39 is 0 Å². The van der Waals surface area contributed by atoms with Gasteiger partial charge in [0.05, 0.1) is 0 Å². The van der Waals surface area contributed by atoms with Crippen molar-refractivity contribution in [1.29, 1.82) is 0 Å². The van der Waals surface area contributed by atoms with E-state index in [1.165, 1.54) is 16.6 Å². The van der Waals surface area contributed by atoms with Crippen LogP contribution in [0.4, 0.5) is 5.95 Å². The predicted octanol–water partition coefficient (Wildman–Crippen LogP) is 0.533. The van der Waals surface area contributed by atoms with Crippen molar-refractivity contribution in [2.24, 2.45) is 0 Å². The van der Waals surface area contributed by atoms with Crippen molar-refractivity contribution >= 4 is 11.9 Å². The second kappa shape index (κ2) is 4.72. The molecule has 0 spiro atoms. The molecule has 1 heterocycles. The Morgan fingerprint density at radius 3 is 2.89 bits per heavy atom. The third-order valence-electron chi connectivity index (χ3n) is 3.22. The van der Waals surface area contributed by atoms with Gasteiger partial charge in [0.1, 0.15) is 12.9 Å². The Bertz CT molecular complexity index is 580. The molecule has 3 rings (SSSR count). The van der Waals surface area contributed by atoms with Crippen molar-refractivity contribution in [3.05, 3.63) is 42.2 Å². The van der Waals surface area contributed by atoms with Crippen molar-refractivity contribution in [3.8, 4) is 0 Å². The molecule has 98 valence electrons. The fraction of sp³-hybridized carbons (Fsp3) is 0.308. The molecule has 1 aliphatic carbocycles. The lowest BCUT2D eigenvalue weighted by Crippen LogP contribution is -2.30. The first-order valence-corrected chi connectivity index (χ1v) is 6.21. The van der Waals surface area contributed by atoms with Crippen LogP contribution in [0.5, 0.6) is 0 Å². The number of nitrogens with one attached hydrogen (secondary N) is 1. The van der Waals surface area contributed by atoms with Crippen LogP contribution in [0.15, 0.2) is 36.7 Å². The van der Waals surface area contributed by atoms with Crippen molar-refractivity contribution in [2.45, 2.75) is 24.9 Å². The van der Waals surface area contributed by atoms with Crippen LogP contribution in [-0.2, 0) is 11.3 Å². The highest BCUT2D eigenvalue weighted by Gasteiger charge is 2.39. The van der Waals surface area contributed by atoms with Gasteiger partial charge in [0.15, 0.2) is 0 Å². The molecule has 1 aromatic carbocycles.